The third-order valence-electron chi connectivity index (χ3n) is 3.77. The molecule has 0 aliphatic carbocycles. The lowest BCUT2D eigenvalue weighted by Gasteiger charge is -2.08. The van der Waals surface area contributed by atoms with Crippen molar-refractivity contribution in [2.75, 3.05) is 12.9 Å². The van der Waals surface area contributed by atoms with Crippen molar-refractivity contribution in [2.45, 2.75) is 13.5 Å². The first-order chi connectivity index (χ1) is 12.8. The summed E-state index contributed by atoms with van der Waals surface area (Å²) in [6.07, 6.45) is 3.99. The molecule has 3 heterocycles. The van der Waals surface area contributed by atoms with Crippen LogP contribution < -0.4 is 0 Å². The number of halogens is 1. The second kappa shape index (κ2) is 7.45. The lowest BCUT2D eigenvalue weighted by atomic mass is 10.1. The molecule has 0 atom stereocenters. The molecule has 0 amide bonds. The Bertz CT molecular complexity index is 1090. The molecular formula is C18H17FN2O5S. The molecule has 142 valence electrons. The van der Waals surface area contributed by atoms with Gasteiger partial charge in [0, 0.05) is 23.5 Å². The Balaban J connectivity index is 2.11. The van der Waals surface area contributed by atoms with E-state index in [0.29, 0.717) is 27.9 Å². The van der Waals surface area contributed by atoms with Crippen LogP contribution in [0.25, 0.3) is 16.8 Å². The van der Waals surface area contributed by atoms with Gasteiger partial charge in [0.1, 0.15) is 0 Å². The van der Waals surface area contributed by atoms with Crippen LogP contribution in [0.4, 0.5) is 4.39 Å². The maximum absolute atomic E-state index is 13.2. The molecule has 0 spiro atoms. The molecule has 0 aliphatic heterocycles. The SMILES string of the molecule is CCOC(=O)c1cc2cc(COS(C)(=O)=O)ccn2c1-c1ccc(F)nc1. The maximum Gasteiger partial charge on any atom is 0.340 e. The number of carbonyl (C=O) groups is 1. The van der Waals surface area contributed by atoms with Gasteiger partial charge < -0.3 is 9.14 Å². The Kier molecular flexibility index (Phi) is 5.24. The summed E-state index contributed by atoms with van der Waals surface area (Å²) in [6, 6.07) is 7.73. The highest BCUT2D eigenvalue weighted by atomic mass is 32.2. The molecule has 0 unspecified atom stereocenters. The fourth-order valence-electron chi connectivity index (χ4n) is 2.66. The molecule has 0 aromatic carbocycles. The first kappa shape index (κ1) is 19.0. The molecule has 7 nitrogen and oxygen atoms in total. The number of hydrogen-bond acceptors (Lipinski definition) is 6. The Morgan fingerprint density at radius 2 is 2.04 bits per heavy atom. The van der Waals surface area contributed by atoms with Gasteiger partial charge in [-0.15, -0.1) is 0 Å². The summed E-state index contributed by atoms with van der Waals surface area (Å²) in [5, 5.41) is 0. The maximum atomic E-state index is 13.2. The van der Waals surface area contributed by atoms with Crippen molar-refractivity contribution >= 4 is 21.6 Å². The van der Waals surface area contributed by atoms with E-state index in [1.807, 2.05) is 0 Å². The van der Waals surface area contributed by atoms with Crippen molar-refractivity contribution in [3.63, 3.8) is 0 Å². The number of ether oxygens (including phenoxy) is 1. The number of nitrogens with zero attached hydrogens (tertiary/aromatic N) is 2. The van der Waals surface area contributed by atoms with E-state index in [0.717, 1.165) is 6.26 Å². The topological polar surface area (TPSA) is 87.0 Å². The van der Waals surface area contributed by atoms with E-state index in [9.17, 15) is 17.6 Å². The number of esters is 1. The Hall–Kier alpha value is -2.78. The van der Waals surface area contributed by atoms with Crippen LogP contribution in [0.1, 0.15) is 22.8 Å². The zero-order valence-electron chi connectivity index (χ0n) is 14.7. The predicted molar refractivity (Wildman–Crippen MR) is 96.2 cm³/mol. The number of carbonyl (C=O) groups excluding carboxylic acids is 1. The molecule has 0 fully saturated rings. The van der Waals surface area contributed by atoms with E-state index in [1.54, 1.807) is 35.7 Å². The average Bonchev–Trinajstić information content (AvgIpc) is 2.99. The van der Waals surface area contributed by atoms with Gasteiger partial charge in [-0.1, -0.05) is 0 Å². The average molecular weight is 392 g/mol. The van der Waals surface area contributed by atoms with E-state index >= 15 is 0 Å². The van der Waals surface area contributed by atoms with Crippen molar-refractivity contribution in [3.8, 4) is 11.3 Å². The summed E-state index contributed by atoms with van der Waals surface area (Å²) in [4.78, 5) is 16.0. The standard InChI is InChI=1S/C18H17FN2O5S/c1-3-25-18(22)15-9-14-8-12(11-26-27(2,23)24)6-7-21(14)17(15)13-4-5-16(19)20-10-13/h4-10H,3,11H2,1-2H3. The Morgan fingerprint density at radius 1 is 1.26 bits per heavy atom. The first-order valence-corrected chi connectivity index (χ1v) is 9.87. The summed E-state index contributed by atoms with van der Waals surface area (Å²) in [5.74, 6) is -1.15. The van der Waals surface area contributed by atoms with Crippen molar-refractivity contribution in [2.24, 2.45) is 0 Å². The number of aromatic nitrogens is 2. The highest BCUT2D eigenvalue weighted by Gasteiger charge is 2.20. The molecule has 0 bridgehead atoms. The molecule has 0 radical (unpaired) electrons. The minimum Gasteiger partial charge on any atom is -0.462 e. The van der Waals surface area contributed by atoms with Gasteiger partial charge in [0.15, 0.2) is 0 Å². The summed E-state index contributed by atoms with van der Waals surface area (Å²) >= 11 is 0. The second-order valence-corrected chi connectivity index (χ2v) is 7.44. The Labute approximate surface area is 155 Å². The minimum absolute atomic E-state index is 0.122. The fourth-order valence-corrected chi connectivity index (χ4v) is 3.01. The molecule has 0 saturated carbocycles. The minimum atomic E-state index is -3.57. The fraction of sp³-hybridized carbons (Fsp3) is 0.222. The molecular weight excluding hydrogens is 375 g/mol. The Morgan fingerprint density at radius 3 is 2.67 bits per heavy atom. The molecule has 3 aromatic heterocycles. The summed E-state index contributed by atoms with van der Waals surface area (Å²) < 4.78 is 47.2. The zero-order chi connectivity index (χ0) is 19.6. The van der Waals surface area contributed by atoms with Gasteiger partial charge in [0.05, 0.1) is 30.7 Å². The van der Waals surface area contributed by atoms with E-state index in [1.165, 1.54) is 18.3 Å². The molecule has 9 heteroatoms. The van der Waals surface area contributed by atoms with Crippen molar-refractivity contribution in [1.29, 1.82) is 0 Å². The second-order valence-electron chi connectivity index (χ2n) is 5.79. The van der Waals surface area contributed by atoms with Gasteiger partial charge >= 0.3 is 5.97 Å². The zero-order valence-corrected chi connectivity index (χ0v) is 15.5. The monoisotopic (exact) mass is 392 g/mol. The smallest absolute Gasteiger partial charge is 0.340 e. The third kappa shape index (κ3) is 4.32. The summed E-state index contributed by atoms with van der Waals surface area (Å²) in [5.41, 5.74) is 2.59. The van der Waals surface area contributed by atoms with Crippen LogP contribution in [-0.2, 0) is 25.6 Å². The van der Waals surface area contributed by atoms with Gasteiger partial charge in [-0.05, 0) is 42.8 Å². The van der Waals surface area contributed by atoms with Crippen LogP contribution in [0.2, 0.25) is 0 Å². The lowest BCUT2D eigenvalue weighted by Crippen LogP contribution is -2.06. The predicted octanol–water partition coefficient (Wildman–Crippen LogP) is 2.79. The van der Waals surface area contributed by atoms with Crippen molar-refractivity contribution in [1.82, 2.24) is 9.38 Å². The normalized spacial score (nSPS) is 11.7. The lowest BCUT2D eigenvalue weighted by molar-refractivity contribution is 0.0527. The number of pyridine rings is 2. The van der Waals surface area contributed by atoms with Crippen LogP contribution in [0.3, 0.4) is 0 Å². The van der Waals surface area contributed by atoms with E-state index < -0.39 is 22.0 Å². The van der Waals surface area contributed by atoms with Crippen molar-refractivity contribution < 1.29 is 26.5 Å². The van der Waals surface area contributed by atoms with Gasteiger partial charge in [0.2, 0.25) is 5.95 Å². The highest BCUT2D eigenvalue weighted by Crippen LogP contribution is 2.29. The number of hydrogen-bond donors (Lipinski definition) is 0. The third-order valence-corrected chi connectivity index (χ3v) is 4.32. The summed E-state index contributed by atoms with van der Waals surface area (Å²) in [6.45, 7) is 1.79. The van der Waals surface area contributed by atoms with Crippen LogP contribution in [0.5, 0.6) is 0 Å². The van der Waals surface area contributed by atoms with E-state index in [4.69, 9.17) is 8.92 Å². The molecule has 0 saturated heterocycles. The van der Waals surface area contributed by atoms with Crippen LogP contribution in [0, 0.1) is 5.95 Å². The molecule has 3 rings (SSSR count). The van der Waals surface area contributed by atoms with E-state index in [2.05, 4.69) is 4.98 Å². The molecule has 0 N–H and O–H groups in total. The van der Waals surface area contributed by atoms with Gasteiger partial charge in [-0.3, -0.25) is 4.18 Å². The van der Waals surface area contributed by atoms with Crippen LogP contribution in [0.15, 0.2) is 42.7 Å². The van der Waals surface area contributed by atoms with Crippen molar-refractivity contribution in [3.05, 3.63) is 59.8 Å². The molecule has 3 aromatic rings. The number of rotatable bonds is 6. The highest BCUT2D eigenvalue weighted by molar-refractivity contribution is 7.85. The van der Waals surface area contributed by atoms with Gasteiger partial charge in [-0.2, -0.15) is 12.8 Å². The van der Waals surface area contributed by atoms with Crippen LogP contribution in [-0.4, -0.2) is 36.6 Å². The van der Waals surface area contributed by atoms with Gasteiger partial charge in [-0.25, -0.2) is 9.78 Å². The quantitative estimate of drug-likeness (QED) is 0.364. The van der Waals surface area contributed by atoms with Gasteiger partial charge in [0.25, 0.3) is 10.1 Å². The molecule has 0 aliphatic rings. The van der Waals surface area contributed by atoms with Crippen LogP contribution >= 0.6 is 0 Å². The summed E-state index contributed by atoms with van der Waals surface area (Å²) in [7, 11) is -3.57. The van der Waals surface area contributed by atoms with E-state index in [-0.39, 0.29) is 13.2 Å². The molecule has 27 heavy (non-hydrogen) atoms. The first-order valence-electron chi connectivity index (χ1n) is 8.06. The largest absolute Gasteiger partial charge is 0.462 e. The number of fused-ring (bicyclic) bond motifs is 1.